The molecule has 58 heavy (non-hydrogen) atoms. The van der Waals surface area contributed by atoms with Gasteiger partial charge in [0.2, 0.25) is 5.91 Å². The maximum Gasteiger partial charge on any atom is 0.249 e. The third-order valence-corrected chi connectivity index (χ3v) is 12.6. The van der Waals surface area contributed by atoms with Crippen molar-refractivity contribution < 1.29 is 20.1 Å². The molecule has 3 unspecified atom stereocenters. The minimum Gasteiger partial charge on any atom is -0.394 e. The average Bonchev–Trinajstić information content (AvgIpc) is 3.23. The molecule has 0 aliphatic rings. The SMILES string of the molecule is CCCCCCCCCCCCCCC/C=C/C(O)C(CO)NC(=O)C(O)CCCCCCCCCCCCCCCCCCCCCCCCCCCCCCC. The summed E-state index contributed by atoms with van der Waals surface area (Å²) < 4.78 is 0. The van der Waals surface area contributed by atoms with Gasteiger partial charge in [0.15, 0.2) is 0 Å². The van der Waals surface area contributed by atoms with E-state index in [0.717, 1.165) is 32.1 Å². The fourth-order valence-corrected chi connectivity index (χ4v) is 8.48. The van der Waals surface area contributed by atoms with Gasteiger partial charge in [-0.25, -0.2) is 0 Å². The highest BCUT2D eigenvalue weighted by atomic mass is 16.3. The van der Waals surface area contributed by atoms with Crippen molar-refractivity contribution in [1.82, 2.24) is 5.32 Å². The summed E-state index contributed by atoms with van der Waals surface area (Å²) in [6.07, 6.45) is 60.0. The second-order valence-corrected chi connectivity index (χ2v) is 18.5. The fraction of sp³-hybridized carbons (Fsp3) is 0.943. The van der Waals surface area contributed by atoms with Crippen LogP contribution in [0.25, 0.3) is 0 Å². The van der Waals surface area contributed by atoms with Gasteiger partial charge >= 0.3 is 0 Å². The van der Waals surface area contributed by atoms with E-state index in [-0.39, 0.29) is 6.61 Å². The van der Waals surface area contributed by atoms with Gasteiger partial charge in [-0.05, 0) is 19.3 Å². The monoisotopic (exact) mass is 820 g/mol. The van der Waals surface area contributed by atoms with E-state index in [1.54, 1.807) is 6.08 Å². The van der Waals surface area contributed by atoms with Crippen molar-refractivity contribution in [3.05, 3.63) is 12.2 Å². The molecule has 0 radical (unpaired) electrons. The Hall–Kier alpha value is -0.910. The summed E-state index contributed by atoms with van der Waals surface area (Å²) in [5.74, 6) is -0.497. The standard InChI is InChI=1S/C53H105NO4/c1-3-5-7-9-11-13-15-17-19-20-21-22-23-24-25-26-27-28-29-30-31-32-34-36-38-40-42-44-46-48-52(57)53(58)54-50(49-55)51(56)47-45-43-41-39-37-35-33-18-16-14-12-10-8-6-4-2/h45,47,50-52,55-57H,3-44,46,48-49H2,1-2H3,(H,54,58)/b47-45+. The predicted octanol–water partition coefficient (Wildman–Crippen LogP) is 15.9. The van der Waals surface area contributed by atoms with Crippen molar-refractivity contribution in [2.75, 3.05) is 6.61 Å². The molecule has 5 nitrogen and oxygen atoms in total. The highest BCUT2D eigenvalue weighted by Crippen LogP contribution is 2.18. The third-order valence-electron chi connectivity index (χ3n) is 12.6. The topological polar surface area (TPSA) is 89.8 Å². The molecule has 3 atom stereocenters. The van der Waals surface area contributed by atoms with Crippen LogP contribution >= 0.6 is 0 Å². The number of unbranched alkanes of at least 4 members (excludes halogenated alkanes) is 41. The highest BCUT2D eigenvalue weighted by Gasteiger charge is 2.22. The molecule has 0 aromatic heterocycles. The molecule has 0 fully saturated rings. The minimum absolute atomic E-state index is 0.359. The van der Waals surface area contributed by atoms with Crippen LogP contribution in [0.5, 0.6) is 0 Å². The summed E-state index contributed by atoms with van der Waals surface area (Å²) in [5, 5.41) is 33.3. The summed E-state index contributed by atoms with van der Waals surface area (Å²) in [6, 6.07) is -0.793. The van der Waals surface area contributed by atoms with Crippen LogP contribution < -0.4 is 5.32 Å². The first-order valence-electron chi connectivity index (χ1n) is 26.5. The van der Waals surface area contributed by atoms with Crippen LogP contribution in [0.2, 0.25) is 0 Å². The lowest BCUT2D eigenvalue weighted by Gasteiger charge is -2.21. The molecule has 0 aliphatic heterocycles. The van der Waals surface area contributed by atoms with Gasteiger partial charge in [-0.2, -0.15) is 0 Å². The van der Waals surface area contributed by atoms with E-state index in [9.17, 15) is 20.1 Å². The number of carbonyl (C=O) groups is 1. The Kier molecular flexibility index (Phi) is 48.0. The van der Waals surface area contributed by atoms with Crippen molar-refractivity contribution in [2.45, 2.75) is 315 Å². The molecule has 0 saturated carbocycles. The van der Waals surface area contributed by atoms with E-state index in [1.165, 1.54) is 244 Å². The number of hydrogen-bond acceptors (Lipinski definition) is 4. The molecule has 0 aromatic carbocycles. The zero-order chi connectivity index (χ0) is 42.3. The molecule has 0 heterocycles. The van der Waals surface area contributed by atoms with E-state index >= 15 is 0 Å². The summed E-state index contributed by atoms with van der Waals surface area (Å²) in [5.41, 5.74) is 0. The maximum atomic E-state index is 12.5. The molecule has 346 valence electrons. The Morgan fingerprint density at radius 3 is 0.948 bits per heavy atom. The van der Waals surface area contributed by atoms with Gasteiger partial charge in [-0.15, -0.1) is 0 Å². The zero-order valence-corrected chi connectivity index (χ0v) is 39.5. The predicted molar refractivity (Wildman–Crippen MR) is 255 cm³/mol. The van der Waals surface area contributed by atoms with Gasteiger partial charge in [0, 0.05) is 0 Å². The Morgan fingerprint density at radius 2 is 0.672 bits per heavy atom. The van der Waals surface area contributed by atoms with E-state index in [0.29, 0.717) is 6.42 Å². The van der Waals surface area contributed by atoms with Crippen LogP contribution in [0, 0.1) is 0 Å². The summed E-state index contributed by atoms with van der Waals surface area (Å²) >= 11 is 0. The third kappa shape index (κ3) is 43.2. The van der Waals surface area contributed by atoms with Gasteiger partial charge in [0.05, 0.1) is 18.8 Å². The molecule has 0 saturated heterocycles. The van der Waals surface area contributed by atoms with E-state index in [4.69, 9.17) is 0 Å². The van der Waals surface area contributed by atoms with E-state index in [1.807, 2.05) is 6.08 Å². The summed E-state index contributed by atoms with van der Waals surface area (Å²) in [7, 11) is 0. The molecule has 0 aliphatic carbocycles. The van der Waals surface area contributed by atoms with Crippen LogP contribution in [0.15, 0.2) is 12.2 Å². The molecule has 1 amide bonds. The second kappa shape index (κ2) is 48.8. The molecular weight excluding hydrogens is 715 g/mol. The highest BCUT2D eigenvalue weighted by molar-refractivity contribution is 5.80. The lowest BCUT2D eigenvalue weighted by atomic mass is 10.0. The van der Waals surface area contributed by atoms with Gasteiger partial charge in [0.1, 0.15) is 6.10 Å². The van der Waals surface area contributed by atoms with Gasteiger partial charge in [-0.1, -0.05) is 289 Å². The van der Waals surface area contributed by atoms with Crippen LogP contribution in [0.4, 0.5) is 0 Å². The van der Waals surface area contributed by atoms with Crippen molar-refractivity contribution in [3.63, 3.8) is 0 Å². The van der Waals surface area contributed by atoms with Crippen LogP contribution in [-0.2, 0) is 4.79 Å². The van der Waals surface area contributed by atoms with Gasteiger partial charge < -0.3 is 20.6 Å². The molecule has 4 N–H and O–H groups in total. The Balaban J connectivity index is 3.50. The first-order valence-corrected chi connectivity index (χ1v) is 26.5. The second-order valence-electron chi connectivity index (χ2n) is 18.5. The molecule has 5 heteroatoms. The van der Waals surface area contributed by atoms with Crippen molar-refractivity contribution >= 4 is 5.91 Å². The first-order chi connectivity index (χ1) is 28.6. The Morgan fingerprint density at radius 1 is 0.414 bits per heavy atom. The van der Waals surface area contributed by atoms with Crippen molar-refractivity contribution in [2.24, 2.45) is 0 Å². The van der Waals surface area contributed by atoms with Crippen molar-refractivity contribution in [1.29, 1.82) is 0 Å². The van der Waals surface area contributed by atoms with Crippen LogP contribution in [0.3, 0.4) is 0 Å². The molecular formula is C53H105NO4. The number of nitrogens with one attached hydrogen (secondary N) is 1. The van der Waals surface area contributed by atoms with Crippen molar-refractivity contribution in [3.8, 4) is 0 Å². The van der Waals surface area contributed by atoms with E-state index < -0.39 is 24.2 Å². The number of allylic oxidation sites excluding steroid dienone is 1. The Labute approximate surface area is 363 Å². The smallest absolute Gasteiger partial charge is 0.249 e. The normalized spacial score (nSPS) is 13.4. The molecule has 0 bridgehead atoms. The van der Waals surface area contributed by atoms with E-state index in [2.05, 4.69) is 19.2 Å². The quantitative estimate of drug-likeness (QED) is 0.0364. The number of hydrogen-bond donors (Lipinski definition) is 4. The molecule has 0 spiro atoms. The van der Waals surface area contributed by atoms with Gasteiger partial charge in [-0.3, -0.25) is 4.79 Å². The Bertz CT molecular complexity index is 818. The lowest BCUT2D eigenvalue weighted by Crippen LogP contribution is -2.48. The zero-order valence-electron chi connectivity index (χ0n) is 39.5. The number of aliphatic hydroxyl groups excluding tert-OH is 3. The maximum absolute atomic E-state index is 12.5. The summed E-state index contributed by atoms with van der Waals surface area (Å²) in [6.45, 7) is 4.21. The molecule has 0 rings (SSSR count). The number of aliphatic hydroxyl groups is 3. The molecule has 0 aromatic rings. The minimum atomic E-state index is -1.09. The summed E-state index contributed by atoms with van der Waals surface area (Å²) in [4.78, 5) is 12.5. The first kappa shape index (κ1) is 57.1. The largest absolute Gasteiger partial charge is 0.394 e. The van der Waals surface area contributed by atoms with Gasteiger partial charge in [0.25, 0.3) is 0 Å². The number of carbonyl (C=O) groups excluding carboxylic acids is 1. The number of rotatable bonds is 49. The van der Waals surface area contributed by atoms with Crippen LogP contribution in [0.1, 0.15) is 296 Å². The number of amides is 1. The average molecular weight is 820 g/mol. The fourth-order valence-electron chi connectivity index (χ4n) is 8.48. The van der Waals surface area contributed by atoms with Crippen LogP contribution in [-0.4, -0.2) is 46.1 Å². The lowest BCUT2D eigenvalue weighted by molar-refractivity contribution is -0.131.